The van der Waals surface area contributed by atoms with E-state index in [0.29, 0.717) is 5.02 Å². The third-order valence-corrected chi connectivity index (χ3v) is 4.68. The highest BCUT2D eigenvalue weighted by molar-refractivity contribution is 7.89. The first-order valence-electron chi connectivity index (χ1n) is 6.88. The van der Waals surface area contributed by atoms with Gasteiger partial charge in [0.2, 0.25) is 0 Å². The molecular formula is C17H16ClNO2S. The smallest absolute Gasteiger partial charge is 0.151 e. The zero-order valence-electron chi connectivity index (χ0n) is 12.4. The maximum Gasteiger partial charge on any atom is 0.151 e. The van der Waals surface area contributed by atoms with Crippen molar-refractivity contribution in [2.75, 3.05) is 6.26 Å². The van der Waals surface area contributed by atoms with Crippen LogP contribution in [0.4, 0.5) is 0 Å². The molecule has 1 heterocycles. The normalized spacial score (nSPS) is 12.0. The number of hydrogen-bond donors (Lipinski definition) is 0. The molecule has 0 aliphatic rings. The first-order valence-corrected chi connectivity index (χ1v) is 9.32. The summed E-state index contributed by atoms with van der Waals surface area (Å²) in [6, 6.07) is 15.5. The van der Waals surface area contributed by atoms with E-state index in [0.717, 1.165) is 27.8 Å². The van der Waals surface area contributed by atoms with Crippen LogP contribution in [0.5, 0.6) is 0 Å². The lowest BCUT2D eigenvalue weighted by atomic mass is 10.2. The van der Waals surface area contributed by atoms with Crippen molar-refractivity contribution >= 4 is 32.3 Å². The lowest BCUT2D eigenvalue weighted by Gasteiger charge is -2.09. The van der Waals surface area contributed by atoms with E-state index in [2.05, 4.69) is 10.6 Å². The molecular weight excluding hydrogens is 318 g/mol. The minimum atomic E-state index is -3.05. The molecule has 0 radical (unpaired) electrons. The van der Waals surface area contributed by atoms with Gasteiger partial charge in [-0.3, -0.25) is 0 Å². The highest BCUT2D eigenvalue weighted by atomic mass is 35.5. The quantitative estimate of drug-likeness (QED) is 0.722. The fraction of sp³-hybridized carbons (Fsp3) is 0.176. The first kappa shape index (κ1) is 15.1. The van der Waals surface area contributed by atoms with Crippen LogP contribution in [0.15, 0.2) is 48.5 Å². The molecule has 0 amide bonds. The molecule has 0 unspecified atom stereocenters. The molecule has 0 atom stereocenters. The van der Waals surface area contributed by atoms with Crippen molar-refractivity contribution in [3.8, 4) is 5.69 Å². The van der Waals surface area contributed by atoms with E-state index >= 15 is 0 Å². The summed E-state index contributed by atoms with van der Waals surface area (Å²) in [6.07, 6.45) is 1.25. The molecule has 0 spiro atoms. The Morgan fingerprint density at radius 1 is 1.05 bits per heavy atom. The van der Waals surface area contributed by atoms with Crippen LogP contribution >= 0.6 is 11.6 Å². The molecule has 0 aliphatic carbocycles. The molecule has 114 valence electrons. The average molecular weight is 334 g/mol. The van der Waals surface area contributed by atoms with Crippen LogP contribution in [0.25, 0.3) is 16.6 Å². The molecule has 0 aliphatic heterocycles. The van der Waals surface area contributed by atoms with Crippen LogP contribution in [-0.2, 0) is 15.6 Å². The SMILES string of the molecule is Cc1cc2ccc(CS(C)(=O)=O)cc2n1-c1ccc(Cl)cc1. The predicted octanol–water partition coefficient (Wildman–Crippen LogP) is 4.14. The van der Waals surface area contributed by atoms with Gasteiger partial charge in [0, 0.05) is 28.0 Å². The topological polar surface area (TPSA) is 39.1 Å². The van der Waals surface area contributed by atoms with Crippen molar-refractivity contribution < 1.29 is 8.42 Å². The number of nitrogens with zero attached hydrogens (tertiary/aromatic N) is 1. The Balaban J connectivity index is 2.18. The summed E-state index contributed by atoms with van der Waals surface area (Å²) in [4.78, 5) is 0. The molecule has 3 nitrogen and oxygen atoms in total. The molecule has 5 heteroatoms. The van der Waals surface area contributed by atoms with Crippen molar-refractivity contribution in [3.05, 3.63) is 64.8 Å². The molecule has 0 N–H and O–H groups in total. The highest BCUT2D eigenvalue weighted by Crippen LogP contribution is 2.26. The average Bonchev–Trinajstić information content (AvgIpc) is 2.74. The van der Waals surface area contributed by atoms with Gasteiger partial charge in [-0.15, -0.1) is 0 Å². The van der Waals surface area contributed by atoms with Crippen LogP contribution in [0.3, 0.4) is 0 Å². The van der Waals surface area contributed by atoms with Crippen molar-refractivity contribution in [2.24, 2.45) is 0 Å². The van der Waals surface area contributed by atoms with Gasteiger partial charge in [0.15, 0.2) is 9.84 Å². The lowest BCUT2D eigenvalue weighted by Crippen LogP contribution is -2.01. The Hall–Kier alpha value is -1.78. The molecule has 0 saturated heterocycles. The molecule has 22 heavy (non-hydrogen) atoms. The zero-order chi connectivity index (χ0) is 15.9. The fourth-order valence-corrected chi connectivity index (χ4v) is 3.62. The Morgan fingerprint density at radius 2 is 1.73 bits per heavy atom. The molecule has 0 bridgehead atoms. The number of halogens is 1. The number of sulfone groups is 1. The summed E-state index contributed by atoms with van der Waals surface area (Å²) >= 11 is 5.95. The maximum atomic E-state index is 11.5. The standard InChI is InChI=1S/C17H16ClNO2S/c1-12-9-14-4-3-13(11-22(2,20)21)10-17(14)19(12)16-7-5-15(18)6-8-16/h3-10H,11H2,1-2H3. The van der Waals surface area contributed by atoms with Crippen LogP contribution in [0.1, 0.15) is 11.3 Å². The number of aromatic nitrogens is 1. The van der Waals surface area contributed by atoms with E-state index in [1.54, 1.807) is 0 Å². The number of rotatable bonds is 3. The van der Waals surface area contributed by atoms with E-state index in [-0.39, 0.29) is 5.75 Å². The van der Waals surface area contributed by atoms with Gasteiger partial charge in [-0.25, -0.2) is 8.42 Å². The lowest BCUT2D eigenvalue weighted by molar-refractivity contribution is 0.601. The summed E-state index contributed by atoms with van der Waals surface area (Å²) in [6.45, 7) is 2.03. The largest absolute Gasteiger partial charge is 0.314 e. The molecule has 3 aromatic rings. The molecule has 3 rings (SSSR count). The third kappa shape index (κ3) is 3.03. The maximum absolute atomic E-state index is 11.5. The highest BCUT2D eigenvalue weighted by Gasteiger charge is 2.11. The van der Waals surface area contributed by atoms with Gasteiger partial charge in [0.05, 0.1) is 11.3 Å². The number of aryl methyl sites for hydroxylation is 1. The van der Waals surface area contributed by atoms with Crippen molar-refractivity contribution in [1.82, 2.24) is 4.57 Å². The van der Waals surface area contributed by atoms with Gasteiger partial charge in [0.1, 0.15) is 0 Å². The van der Waals surface area contributed by atoms with Crippen LogP contribution in [0, 0.1) is 6.92 Å². The third-order valence-electron chi connectivity index (χ3n) is 3.57. The molecule has 0 saturated carbocycles. The fourth-order valence-electron chi connectivity index (χ4n) is 2.71. The van der Waals surface area contributed by atoms with Gasteiger partial charge in [0.25, 0.3) is 0 Å². The second-order valence-electron chi connectivity index (χ2n) is 5.56. The predicted molar refractivity (Wildman–Crippen MR) is 91.6 cm³/mol. The van der Waals surface area contributed by atoms with E-state index < -0.39 is 9.84 Å². The summed E-state index contributed by atoms with van der Waals surface area (Å²) < 4.78 is 25.1. The van der Waals surface area contributed by atoms with Crippen molar-refractivity contribution in [2.45, 2.75) is 12.7 Å². The summed E-state index contributed by atoms with van der Waals surface area (Å²) in [5.41, 5.74) is 3.89. The summed E-state index contributed by atoms with van der Waals surface area (Å²) in [7, 11) is -3.05. The Labute approximate surface area is 135 Å². The van der Waals surface area contributed by atoms with E-state index in [1.807, 2.05) is 49.4 Å². The molecule has 0 fully saturated rings. The van der Waals surface area contributed by atoms with Crippen LogP contribution < -0.4 is 0 Å². The Morgan fingerprint density at radius 3 is 2.36 bits per heavy atom. The molecule has 2 aromatic carbocycles. The van der Waals surface area contributed by atoms with Crippen molar-refractivity contribution in [3.63, 3.8) is 0 Å². The first-order chi connectivity index (χ1) is 10.3. The van der Waals surface area contributed by atoms with Gasteiger partial charge < -0.3 is 4.57 Å². The minimum Gasteiger partial charge on any atom is -0.314 e. The Kier molecular flexibility index (Phi) is 3.75. The number of hydrogen-bond acceptors (Lipinski definition) is 2. The summed E-state index contributed by atoms with van der Waals surface area (Å²) in [5, 5.41) is 1.78. The molecule has 1 aromatic heterocycles. The second kappa shape index (κ2) is 5.45. The minimum absolute atomic E-state index is 0.0494. The van der Waals surface area contributed by atoms with Crippen molar-refractivity contribution in [1.29, 1.82) is 0 Å². The van der Waals surface area contributed by atoms with Gasteiger partial charge in [-0.05, 0) is 48.9 Å². The van der Waals surface area contributed by atoms with Crippen LogP contribution in [0.2, 0.25) is 5.02 Å². The zero-order valence-corrected chi connectivity index (χ0v) is 13.9. The Bertz CT molecular complexity index is 941. The number of fused-ring (bicyclic) bond motifs is 1. The monoisotopic (exact) mass is 333 g/mol. The van der Waals surface area contributed by atoms with E-state index in [9.17, 15) is 8.42 Å². The summed E-state index contributed by atoms with van der Waals surface area (Å²) in [5.74, 6) is 0.0494. The van der Waals surface area contributed by atoms with Gasteiger partial charge >= 0.3 is 0 Å². The van der Waals surface area contributed by atoms with Crippen LogP contribution in [-0.4, -0.2) is 19.2 Å². The van der Waals surface area contributed by atoms with Gasteiger partial charge in [-0.1, -0.05) is 23.7 Å². The van der Waals surface area contributed by atoms with Gasteiger partial charge in [-0.2, -0.15) is 0 Å². The van der Waals surface area contributed by atoms with E-state index in [1.165, 1.54) is 6.26 Å². The number of benzene rings is 2. The second-order valence-corrected chi connectivity index (χ2v) is 8.14. The van der Waals surface area contributed by atoms with E-state index in [4.69, 9.17) is 11.6 Å².